The smallest absolute Gasteiger partial charge is 0.240 e. The van der Waals surface area contributed by atoms with Crippen LogP contribution in [0.1, 0.15) is 36.2 Å². The fraction of sp³-hybridized carbons (Fsp3) is 0.240. The van der Waals surface area contributed by atoms with Crippen LogP contribution in [0.15, 0.2) is 71.8 Å². The van der Waals surface area contributed by atoms with Gasteiger partial charge >= 0.3 is 0 Å². The zero-order valence-electron chi connectivity index (χ0n) is 19.5. The number of hydrogen-bond acceptors (Lipinski definition) is 7. The molecule has 10 heteroatoms. The third-order valence-electron chi connectivity index (χ3n) is 4.86. The fourth-order valence-corrected chi connectivity index (χ4v) is 4.08. The summed E-state index contributed by atoms with van der Waals surface area (Å²) in [6, 6.07) is 16.2. The lowest BCUT2D eigenvalue weighted by molar-refractivity contribution is -0.121. The number of carbonyl (C=O) groups is 2. The largest absolute Gasteiger partial charge is 0.494 e. The summed E-state index contributed by atoms with van der Waals surface area (Å²) in [6.45, 7) is 4.07. The average Bonchev–Trinajstić information content (AvgIpc) is 2.84. The van der Waals surface area contributed by atoms with Crippen molar-refractivity contribution in [2.24, 2.45) is 0 Å². The third kappa shape index (κ3) is 7.90. The molecule has 3 aromatic rings. The summed E-state index contributed by atoms with van der Waals surface area (Å²) in [5.74, 6) is 1.26. The minimum Gasteiger partial charge on any atom is -0.494 e. The highest BCUT2D eigenvalue weighted by Gasteiger charge is 2.14. The number of benzene rings is 2. The van der Waals surface area contributed by atoms with Crippen molar-refractivity contribution in [2.75, 3.05) is 13.2 Å². The number of rotatable bonds is 12. The summed E-state index contributed by atoms with van der Waals surface area (Å²) >= 11 is 0. The second kappa shape index (κ2) is 12.1. The Kier molecular flexibility index (Phi) is 8.93. The zero-order chi connectivity index (χ0) is 25.3. The van der Waals surface area contributed by atoms with E-state index in [1.807, 2.05) is 6.92 Å². The van der Waals surface area contributed by atoms with Crippen molar-refractivity contribution in [3.05, 3.63) is 78.0 Å². The minimum atomic E-state index is -3.78. The Morgan fingerprint density at radius 1 is 0.971 bits per heavy atom. The van der Waals surface area contributed by atoms with Gasteiger partial charge < -0.3 is 14.8 Å². The van der Waals surface area contributed by atoms with Crippen LogP contribution in [0.5, 0.6) is 17.4 Å². The van der Waals surface area contributed by atoms with Crippen molar-refractivity contribution in [3.8, 4) is 17.4 Å². The van der Waals surface area contributed by atoms with Crippen molar-refractivity contribution < 1.29 is 27.5 Å². The molecule has 0 radical (unpaired) electrons. The van der Waals surface area contributed by atoms with Gasteiger partial charge in [-0.25, -0.2) is 18.1 Å². The summed E-state index contributed by atoms with van der Waals surface area (Å²) in [5, 5.41) is 2.75. The maximum absolute atomic E-state index is 12.4. The van der Waals surface area contributed by atoms with Crippen LogP contribution in [0.3, 0.4) is 0 Å². The molecule has 0 fully saturated rings. The second-order valence-corrected chi connectivity index (χ2v) is 9.28. The van der Waals surface area contributed by atoms with E-state index in [9.17, 15) is 18.0 Å². The molecule has 9 nitrogen and oxygen atoms in total. The van der Waals surface area contributed by atoms with E-state index in [-0.39, 0.29) is 36.1 Å². The van der Waals surface area contributed by atoms with E-state index in [0.29, 0.717) is 23.8 Å². The summed E-state index contributed by atoms with van der Waals surface area (Å²) < 4.78 is 38.3. The number of ketones is 1. The average molecular weight is 498 g/mol. The highest BCUT2D eigenvalue weighted by Crippen LogP contribution is 2.23. The highest BCUT2D eigenvalue weighted by atomic mass is 32.2. The van der Waals surface area contributed by atoms with Gasteiger partial charge in [0, 0.05) is 37.3 Å². The molecule has 1 heterocycles. The van der Waals surface area contributed by atoms with E-state index >= 15 is 0 Å². The van der Waals surface area contributed by atoms with Crippen LogP contribution >= 0.6 is 0 Å². The number of nitrogens with one attached hydrogen (secondary N) is 2. The summed E-state index contributed by atoms with van der Waals surface area (Å²) in [7, 11) is -3.78. The zero-order valence-corrected chi connectivity index (χ0v) is 20.3. The lowest BCUT2D eigenvalue weighted by atomic mass is 10.2. The molecule has 0 spiro atoms. The molecule has 0 aliphatic rings. The molecule has 184 valence electrons. The van der Waals surface area contributed by atoms with Crippen molar-refractivity contribution in [1.82, 2.24) is 15.0 Å². The van der Waals surface area contributed by atoms with E-state index in [1.54, 1.807) is 42.6 Å². The quantitative estimate of drug-likeness (QED) is 0.367. The molecule has 0 unspecified atom stereocenters. The highest BCUT2D eigenvalue weighted by molar-refractivity contribution is 7.89. The Labute approximate surface area is 204 Å². The first kappa shape index (κ1) is 25.9. The van der Waals surface area contributed by atoms with Gasteiger partial charge in [0.1, 0.15) is 11.5 Å². The molecule has 0 aliphatic heterocycles. The van der Waals surface area contributed by atoms with Crippen LogP contribution < -0.4 is 19.5 Å². The molecule has 2 aromatic carbocycles. The number of carbonyl (C=O) groups excluding carboxylic acids is 2. The number of sulfonamides is 1. The van der Waals surface area contributed by atoms with E-state index in [1.165, 1.54) is 31.2 Å². The molecule has 0 atom stereocenters. The van der Waals surface area contributed by atoms with Gasteiger partial charge in [0.05, 0.1) is 11.5 Å². The Bertz CT molecular complexity index is 1260. The van der Waals surface area contributed by atoms with Gasteiger partial charge in [-0.1, -0.05) is 12.1 Å². The van der Waals surface area contributed by atoms with E-state index in [4.69, 9.17) is 9.47 Å². The van der Waals surface area contributed by atoms with Gasteiger partial charge in [0.25, 0.3) is 0 Å². The summed E-state index contributed by atoms with van der Waals surface area (Å²) in [6.07, 6.45) is 1.54. The molecule has 3 rings (SSSR count). The number of pyridine rings is 1. The lowest BCUT2D eigenvalue weighted by Gasteiger charge is -2.10. The second-order valence-electron chi connectivity index (χ2n) is 7.51. The molecule has 0 saturated heterocycles. The van der Waals surface area contributed by atoms with Gasteiger partial charge in [-0.05, 0) is 61.9 Å². The standard InChI is InChI=1S/C25H27N3O6S/c1-3-33-21-6-8-22(9-7-21)34-25-16-19(12-14-26-25)17-27-24(30)13-15-28-35(31,32)23-10-4-20(5-11-23)18(2)29/h4-12,14,16,28H,3,13,15,17H2,1-2H3,(H,27,30). The molecular weight excluding hydrogens is 470 g/mol. The topological polar surface area (TPSA) is 124 Å². The van der Waals surface area contributed by atoms with E-state index < -0.39 is 10.0 Å². The normalized spacial score (nSPS) is 11.0. The Morgan fingerprint density at radius 2 is 1.66 bits per heavy atom. The number of aromatic nitrogens is 1. The molecule has 0 saturated carbocycles. The van der Waals surface area contributed by atoms with Gasteiger partial charge in [0.2, 0.25) is 21.8 Å². The number of Topliss-reactive ketones (excluding diaryl/α,β-unsaturated/α-hetero) is 1. The van der Waals surface area contributed by atoms with Crippen LogP contribution in [-0.4, -0.2) is 38.2 Å². The lowest BCUT2D eigenvalue weighted by Crippen LogP contribution is -2.30. The van der Waals surface area contributed by atoms with Crippen molar-refractivity contribution in [1.29, 1.82) is 0 Å². The number of hydrogen-bond donors (Lipinski definition) is 2. The van der Waals surface area contributed by atoms with Crippen LogP contribution in [0.25, 0.3) is 0 Å². The Balaban J connectivity index is 1.46. The molecule has 0 bridgehead atoms. The van der Waals surface area contributed by atoms with Crippen molar-refractivity contribution in [2.45, 2.75) is 31.7 Å². The molecule has 1 aromatic heterocycles. The Hall–Kier alpha value is -3.76. The van der Waals surface area contributed by atoms with Crippen LogP contribution in [-0.2, 0) is 21.4 Å². The monoisotopic (exact) mass is 497 g/mol. The fourth-order valence-electron chi connectivity index (χ4n) is 3.05. The number of nitrogens with zero attached hydrogens (tertiary/aromatic N) is 1. The molecule has 2 N–H and O–H groups in total. The Morgan fingerprint density at radius 3 is 2.31 bits per heavy atom. The molecule has 35 heavy (non-hydrogen) atoms. The molecule has 0 aliphatic carbocycles. The third-order valence-corrected chi connectivity index (χ3v) is 6.34. The van der Waals surface area contributed by atoms with Crippen molar-refractivity contribution in [3.63, 3.8) is 0 Å². The molecular formula is C25H27N3O6S. The van der Waals surface area contributed by atoms with Gasteiger partial charge in [-0.2, -0.15) is 0 Å². The summed E-state index contributed by atoms with van der Waals surface area (Å²) in [4.78, 5) is 27.7. The molecule has 1 amide bonds. The van der Waals surface area contributed by atoms with Gasteiger partial charge in [-0.15, -0.1) is 0 Å². The van der Waals surface area contributed by atoms with Crippen LogP contribution in [0, 0.1) is 0 Å². The van der Waals surface area contributed by atoms with E-state index in [2.05, 4.69) is 15.0 Å². The maximum Gasteiger partial charge on any atom is 0.240 e. The first-order chi connectivity index (χ1) is 16.8. The predicted molar refractivity (Wildman–Crippen MR) is 130 cm³/mol. The minimum absolute atomic E-state index is 0.0275. The van der Waals surface area contributed by atoms with Gasteiger partial charge in [0.15, 0.2) is 5.78 Å². The first-order valence-electron chi connectivity index (χ1n) is 11.0. The SMILES string of the molecule is CCOc1ccc(Oc2cc(CNC(=O)CCNS(=O)(=O)c3ccc(C(C)=O)cc3)ccn2)cc1. The predicted octanol–water partition coefficient (Wildman–Crippen LogP) is 3.46. The first-order valence-corrected chi connectivity index (χ1v) is 12.5. The maximum atomic E-state index is 12.4. The van der Waals surface area contributed by atoms with E-state index in [0.717, 1.165) is 11.3 Å². The van der Waals surface area contributed by atoms with Gasteiger partial charge in [-0.3, -0.25) is 9.59 Å². The van der Waals surface area contributed by atoms with Crippen LogP contribution in [0.4, 0.5) is 0 Å². The van der Waals surface area contributed by atoms with Crippen LogP contribution in [0.2, 0.25) is 0 Å². The number of amides is 1. The summed E-state index contributed by atoms with van der Waals surface area (Å²) in [5.41, 5.74) is 1.20. The number of ether oxygens (including phenoxy) is 2. The van der Waals surface area contributed by atoms with Crippen molar-refractivity contribution >= 4 is 21.7 Å².